The highest BCUT2D eigenvalue weighted by atomic mass is 35.5. The highest BCUT2D eigenvalue weighted by Gasteiger charge is 2.14. The van der Waals surface area contributed by atoms with Gasteiger partial charge in [0.25, 0.3) is 0 Å². The first-order valence-corrected chi connectivity index (χ1v) is 6.62. The molecule has 0 spiro atoms. The van der Waals surface area contributed by atoms with E-state index in [1.165, 1.54) is 0 Å². The molecule has 0 fully saturated rings. The van der Waals surface area contributed by atoms with E-state index < -0.39 is 0 Å². The van der Waals surface area contributed by atoms with Crippen molar-refractivity contribution in [2.45, 2.75) is 39.5 Å². The minimum Gasteiger partial charge on any atom is -0.312 e. The van der Waals surface area contributed by atoms with Gasteiger partial charge in [0.15, 0.2) is 0 Å². The Morgan fingerprint density at radius 2 is 2.06 bits per heavy atom. The zero-order valence-electron chi connectivity index (χ0n) is 10.6. The first-order chi connectivity index (χ1) is 8.19. The van der Waals surface area contributed by atoms with Crippen molar-refractivity contribution in [3.63, 3.8) is 0 Å². The zero-order chi connectivity index (χ0) is 12.7. The minimum absolute atomic E-state index is 0.184. The molecule has 0 radical (unpaired) electrons. The number of anilines is 1. The Bertz CT molecular complexity index is 365. The Kier molecular flexibility index (Phi) is 6.06. The lowest BCUT2D eigenvalue weighted by Crippen LogP contribution is -2.31. The van der Waals surface area contributed by atoms with Gasteiger partial charge in [-0.05, 0) is 31.0 Å². The fraction of sp³-hybridized carbons (Fsp3) is 0.500. The summed E-state index contributed by atoms with van der Waals surface area (Å²) in [7, 11) is 0. The van der Waals surface area contributed by atoms with Crippen LogP contribution in [0.4, 0.5) is 5.69 Å². The summed E-state index contributed by atoms with van der Waals surface area (Å²) in [6.45, 7) is 4.92. The Balaban J connectivity index is 2.85. The second-order valence-electron chi connectivity index (χ2n) is 4.13. The standard InChI is InChI=1S/C14H20ClNO/c1-3-5-10-16(14(17)7-4-2)13-9-6-8-12(15)11-13/h6,8-9,11H,3-5,7,10H2,1-2H3. The highest BCUT2D eigenvalue weighted by molar-refractivity contribution is 6.30. The van der Waals surface area contributed by atoms with E-state index in [9.17, 15) is 4.79 Å². The number of hydrogen-bond donors (Lipinski definition) is 0. The van der Waals surface area contributed by atoms with Gasteiger partial charge in [-0.2, -0.15) is 0 Å². The maximum absolute atomic E-state index is 12.0. The van der Waals surface area contributed by atoms with Gasteiger partial charge >= 0.3 is 0 Å². The third kappa shape index (κ3) is 4.39. The van der Waals surface area contributed by atoms with Gasteiger partial charge in [0.05, 0.1) is 0 Å². The summed E-state index contributed by atoms with van der Waals surface area (Å²) in [5.74, 6) is 0.184. The predicted octanol–water partition coefficient (Wildman–Crippen LogP) is 4.27. The highest BCUT2D eigenvalue weighted by Crippen LogP contribution is 2.21. The van der Waals surface area contributed by atoms with Crippen LogP contribution in [0.1, 0.15) is 39.5 Å². The topological polar surface area (TPSA) is 20.3 Å². The van der Waals surface area contributed by atoms with E-state index in [0.29, 0.717) is 11.4 Å². The van der Waals surface area contributed by atoms with Crippen LogP contribution in [0.3, 0.4) is 0 Å². The Morgan fingerprint density at radius 1 is 1.29 bits per heavy atom. The summed E-state index contributed by atoms with van der Waals surface area (Å²) in [5.41, 5.74) is 0.907. The first kappa shape index (κ1) is 14.0. The fourth-order valence-corrected chi connectivity index (χ4v) is 1.89. The van der Waals surface area contributed by atoms with Gasteiger partial charge in [0, 0.05) is 23.7 Å². The Morgan fingerprint density at radius 3 is 2.65 bits per heavy atom. The monoisotopic (exact) mass is 253 g/mol. The molecule has 1 aromatic carbocycles. The molecule has 0 aliphatic rings. The summed E-state index contributed by atoms with van der Waals surface area (Å²) in [5, 5.41) is 0.674. The van der Waals surface area contributed by atoms with E-state index in [1.54, 1.807) is 0 Å². The van der Waals surface area contributed by atoms with Crippen LogP contribution in [-0.4, -0.2) is 12.5 Å². The molecule has 1 rings (SSSR count). The number of carbonyl (C=O) groups excluding carboxylic acids is 1. The average molecular weight is 254 g/mol. The molecule has 0 bridgehead atoms. The molecule has 0 saturated carbocycles. The van der Waals surface area contributed by atoms with E-state index in [-0.39, 0.29) is 5.91 Å². The molecule has 0 aliphatic heterocycles. The zero-order valence-corrected chi connectivity index (χ0v) is 11.3. The summed E-state index contributed by atoms with van der Waals surface area (Å²) in [6.07, 6.45) is 3.57. The van der Waals surface area contributed by atoms with Crippen molar-refractivity contribution in [1.29, 1.82) is 0 Å². The van der Waals surface area contributed by atoms with Crippen molar-refractivity contribution in [3.05, 3.63) is 29.3 Å². The van der Waals surface area contributed by atoms with Crippen LogP contribution >= 0.6 is 11.6 Å². The number of benzene rings is 1. The van der Waals surface area contributed by atoms with E-state index in [2.05, 4.69) is 6.92 Å². The molecule has 0 saturated heterocycles. The van der Waals surface area contributed by atoms with Crippen LogP contribution in [0.25, 0.3) is 0 Å². The number of hydrogen-bond acceptors (Lipinski definition) is 1. The summed E-state index contributed by atoms with van der Waals surface area (Å²) in [6, 6.07) is 7.50. The van der Waals surface area contributed by atoms with Crippen LogP contribution in [0.15, 0.2) is 24.3 Å². The van der Waals surface area contributed by atoms with Gasteiger partial charge in [-0.15, -0.1) is 0 Å². The van der Waals surface area contributed by atoms with Crippen molar-refractivity contribution >= 4 is 23.2 Å². The number of halogens is 1. The third-order valence-corrected chi connectivity index (χ3v) is 2.86. The molecule has 17 heavy (non-hydrogen) atoms. The maximum atomic E-state index is 12.0. The second-order valence-corrected chi connectivity index (χ2v) is 4.57. The van der Waals surface area contributed by atoms with E-state index in [4.69, 9.17) is 11.6 Å². The van der Waals surface area contributed by atoms with Crippen LogP contribution in [0, 0.1) is 0 Å². The van der Waals surface area contributed by atoms with Gasteiger partial charge in [0.2, 0.25) is 5.91 Å². The lowest BCUT2D eigenvalue weighted by atomic mass is 10.2. The van der Waals surface area contributed by atoms with Gasteiger partial charge in [0.1, 0.15) is 0 Å². The SMILES string of the molecule is CCCCN(C(=O)CCC)c1cccc(Cl)c1. The van der Waals surface area contributed by atoms with Crippen molar-refractivity contribution in [1.82, 2.24) is 0 Å². The van der Waals surface area contributed by atoms with Crippen LogP contribution in [0.5, 0.6) is 0 Å². The summed E-state index contributed by atoms with van der Waals surface area (Å²) >= 11 is 5.97. The average Bonchev–Trinajstić information content (AvgIpc) is 2.30. The Labute approximate surface area is 109 Å². The van der Waals surface area contributed by atoms with Crippen molar-refractivity contribution in [2.75, 3.05) is 11.4 Å². The Hall–Kier alpha value is -1.02. The first-order valence-electron chi connectivity index (χ1n) is 6.25. The van der Waals surface area contributed by atoms with Gasteiger partial charge < -0.3 is 4.90 Å². The summed E-state index contributed by atoms with van der Waals surface area (Å²) < 4.78 is 0. The molecule has 1 amide bonds. The number of rotatable bonds is 6. The normalized spacial score (nSPS) is 10.3. The third-order valence-electron chi connectivity index (χ3n) is 2.62. The fourth-order valence-electron chi connectivity index (χ4n) is 1.71. The van der Waals surface area contributed by atoms with E-state index in [1.807, 2.05) is 36.1 Å². The van der Waals surface area contributed by atoms with Crippen molar-refractivity contribution in [2.24, 2.45) is 0 Å². The largest absolute Gasteiger partial charge is 0.312 e. The number of amides is 1. The minimum atomic E-state index is 0.184. The lowest BCUT2D eigenvalue weighted by molar-refractivity contribution is -0.118. The van der Waals surface area contributed by atoms with Crippen LogP contribution < -0.4 is 4.90 Å². The molecule has 2 nitrogen and oxygen atoms in total. The molecule has 0 aromatic heterocycles. The van der Waals surface area contributed by atoms with Gasteiger partial charge in [-0.25, -0.2) is 0 Å². The van der Waals surface area contributed by atoms with Gasteiger partial charge in [-0.1, -0.05) is 37.9 Å². The second kappa shape index (κ2) is 7.33. The smallest absolute Gasteiger partial charge is 0.226 e. The number of unbranched alkanes of at least 4 members (excludes halogenated alkanes) is 1. The van der Waals surface area contributed by atoms with Crippen molar-refractivity contribution < 1.29 is 4.79 Å². The van der Waals surface area contributed by atoms with Gasteiger partial charge in [-0.3, -0.25) is 4.79 Å². The molecular weight excluding hydrogens is 234 g/mol. The maximum Gasteiger partial charge on any atom is 0.226 e. The predicted molar refractivity (Wildman–Crippen MR) is 73.6 cm³/mol. The quantitative estimate of drug-likeness (QED) is 0.741. The van der Waals surface area contributed by atoms with Crippen molar-refractivity contribution in [3.8, 4) is 0 Å². The van der Waals surface area contributed by atoms with E-state index >= 15 is 0 Å². The van der Waals surface area contributed by atoms with Crippen LogP contribution in [-0.2, 0) is 4.79 Å². The lowest BCUT2D eigenvalue weighted by Gasteiger charge is -2.22. The molecule has 1 aromatic rings. The van der Waals surface area contributed by atoms with E-state index in [0.717, 1.165) is 31.5 Å². The van der Waals surface area contributed by atoms with Crippen LogP contribution in [0.2, 0.25) is 5.02 Å². The molecule has 3 heteroatoms. The molecule has 0 atom stereocenters. The number of nitrogens with zero attached hydrogens (tertiary/aromatic N) is 1. The number of carbonyl (C=O) groups is 1. The summed E-state index contributed by atoms with van der Waals surface area (Å²) in [4.78, 5) is 13.9. The molecule has 0 aliphatic carbocycles. The molecule has 0 heterocycles. The molecule has 0 unspecified atom stereocenters. The molecule has 94 valence electrons. The molecule has 0 N–H and O–H groups in total. The molecular formula is C14H20ClNO.